The van der Waals surface area contributed by atoms with Crippen LogP contribution in [0.4, 0.5) is 5.69 Å². The van der Waals surface area contributed by atoms with Gasteiger partial charge in [0.25, 0.3) is 0 Å². The largest absolute Gasteiger partial charge is 0.482 e. The third kappa shape index (κ3) is 2.39. The van der Waals surface area contributed by atoms with Crippen LogP contribution in [0.3, 0.4) is 0 Å². The Kier molecular flexibility index (Phi) is 3.09. The zero-order valence-corrected chi connectivity index (χ0v) is 12.9. The highest BCUT2D eigenvalue weighted by atomic mass is 16.5. The molecular weight excluding hydrogens is 282 g/mol. The molecule has 1 aliphatic heterocycles. The fraction of sp³-hybridized carbons (Fsp3) is 0.294. The van der Waals surface area contributed by atoms with E-state index in [-0.39, 0.29) is 5.91 Å². The van der Waals surface area contributed by atoms with Crippen LogP contribution in [-0.2, 0) is 4.79 Å². The van der Waals surface area contributed by atoms with Gasteiger partial charge in [-0.2, -0.15) is 0 Å². The molecule has 0 fully saturated rings. The first-order chi connectivity index (χ1) is 10.3. The molecule has 0 radical (unpaired) electrons. The summed E-state index contributed by atoms with van der Waals surface area (Å²) < 4.78 is 11.4. The molecule has 0 unspecified atom stereocenters. The lowest BCUT2D eigenvalue weighted by atomic mass is 9.97. The first-order valence-electron chi connectivity index (χ1n) is 7.04. The minimum absolute atomic E-state index is 0.199. The number of aryl methyl sites for hydroxylation is 1. The van der Waals surface area contributed by atoms with Gasteiger partial charge >= 0.3 is 5.63 Å². The van der Waals surface area contributed by atoms with Gasteiger partial charge in [-0.25, -0.2) is 4.79 Å². The molecule has 0 saturated carbocycles. The first-order valence-corrected chi connectivity index (χ1v) is 7.04. The van der Waals surface area contributed by atoms with E-state index in [1.807, 2.05) is 32.9 Å². The van der Waals surface area contributed by atoms with Gasteiger partial charge in [-0.3, -0.25) is 4.79 Å². The number of amides is 1. The summed E-state index contributed by atoms with van der Waals surface area (Å²) in [5.74, 6) is 0.421. The van der Waals surface area contributed by atoms with Gasteiger partial charge in [-0.05, 0) is 38.5 Å². The van der Waals surface area contributed by atoms with E-state index in [9.17, 15) is 9.59 Å². The minimum Gasteiger partial charge on any atom is -0.482 e. The Bertz CT molecular complexity index is 874. The lowest BCUT2D eigenvalue weighted by Crippen LogP contribution is -2.28. The van der Waals surface area contributed by atoms with Gasteiger partial charge < -0.3 is 14.5 Å². The standard InChI is InChI=1S/C17H17NO4/c1-9-7-14(20)21-13-8-12(18-10(2)19)11-5-6-17(3,4)22-16(11)15(9)13/h5-8H,1-4H3,(H,18,19). The second-order valence-corrected chi connectivity index (χ2v) is 6.01. The van der Waals surface area contributed by atoms with Crippen molar-refractivity contribution in [1.29, 1.82) is 0 Å². The molecule has 22 heavy (non-hydrogen) atoms. The van der Waals surface area contributed by atoms with Gasteiger partial charge in [0, 0.05) is 24.6 Å². The third-order valence-corrected chi connectivity index (χ3v) is 3.55. The third-order valence-electron chi connectivity index (χ3n) is 3.55. The predicted octanol–water partition coefficient (Wildman–Crippen LogP) is 3.24. The molecule has 5 nitrogen and oxygen atoms in total. The number of nitrogens with one attached hydrogen (secondary N) is 1. The number of hydrogen-bond acceptors (Lipinski definition) is 4. The van der Waals surface area contributed by atoms with E-state index in [0.29, 0.717) is 17.0 Å². The lowest BCUT2D eigenvalue weighted by Gasteiger charge is -2.30. The summed E-state index contributed by atoms with van der Waals surface area (Å²) in [6, 6.07) is 3.10. The molecular formula is C17H17NO4. The van der Waals surface area contributed by atoms with Crippen molar-refractivity contribution in [3.8, 4) is 5.75 Å². The summed E-state index contributed by atoms with van der Waals surface area (Å²) in [6.07, 6.45) is 3.86. The van der Waals surface area contributed by atoms with Crippen molar-refractivity contribution >= 4 is 28.6 Å². The highest BCUT2D eigenvalue weighted by Crippen LogP contribution is 2.42. The van der Waals surface area contributed by atoms with Gasteiger partial charge in [-0.1, -0.05) is 0 Å². The summed E-state index contributed by atoms with van der Waals surface area (Å²) >= 11 is 0. The molecule has 1 aliphatic rings. The topological polar surface area (TPSA) is 68.5 Å². The molecule has 2 aromatic rings. The average Bonchev–Trinajstić information content (AvgIpc) is 2.35. The fourth-order valence-corrected chi connectivity index (χ4v) is 2.64. The number of anilines is 1. The Hall–Kier alpha value is -2.56. The van der Waals surface area contributed by atoms with Crippen LogP contribution in [0.15, 0.2) is 27.4 Å². The molecule has 0 spiro atoms. The monoisotopic (exact) mass is 299 g/mol. The van der Waals surface area contributed by atoms with Crippen molar-refractivity contribution < 1.29 is 13.9 Å². The smallest absolute Gasteiger partial charge is 0.336 e. The van der Waals surface area contributed by atoms with Crippen molar-refractivity contribution in [3.05, 3.63) is 39.8 Å². The van der Waals surface area contributed by atoms with Gasteiger partial charge in [0.15, 0.2) is 0 Å². The van der Waals surface area contributed by atoms with E-state index in [2.05, 4.69) is 5.32 Å². The Morgan fingerprint density at radius 3 is 2.68 bits per heavy atom. The molecule has 2 heterocycles. The van der Waals surface area contributed by atoms with Crippen LogP contribution < -0.4 is 15.7 Å². The zero-order valence-electron chi connectivity index (χ0n) is 12.9. The van der Waals surface area contributed by atoms with E-state index < -0.39 is 11.2 Å². The van der Waals surface area contributed by atoms with Gasteiger partial charge in [0.1, 0.15) is 16.9 Å². The van der Waals surface area contributed by atoms with Crippen LogP contribution in [0, 0.1) is 6.92 Å². The van der Waals surface area contributed by atoms with Crippen LogP contribution in [0.5, 0.6) is 5.75 Å². The summed E-state index contributed by atoms with van der Waals surface area (Å²) in [5, 5.41) is 3.51. The summed E-state index contributed by atoms with van der Waals surface area (Å²) in [7, 11) is 0. The van der Waals surface area contributed by atoms with Crippen molar-refractivity contribution in [2.45, 2.75) is 33.3 Å². The predicted molar refractivity (Wildman–Crippen MR) is 85.3 cm³/mol. The molecule has 3 rings (SSSR count). The summed E-state index contributed by atoms with van der Waals surface area (Å²) in [5.41, 5.74) is 1.62. The molecule has 1 aromatic carbocycles. The van der Waals surface area contributed by atoms with Crippen LogP contribution in [0.2, 0.25) is 0 Å². The maximum Gasteiger partial charge on any atom is 0.336 e. The van der Waals surface area contributed by atoms with Gasteiger partial charge in [-0.15, -0.1) is 0 Å². The Morgan fingerprint density at radius 1 is 1.27 bits per heavy atom. The number of carbonyl (C=O) groups is 1. The van der Waals surface area contributed by atoms with E-state index >= 15 is 0 Å². The molecule has 1 amide bonds. The van der Waals surface area contributed by atoms with Crippen molar-refractivity contribution in [1.82, 2.24) is 0 Å². The number of hydrogen-bond donors (Lipinski definition) is 1. The fourth-order valence-electron chi connectivity index (χ4n) is 2.64. The highest BCUT2D eigenvalue weighted by molar-refractivity contribution is 6.00. The number of ether oxygens (including phenoxy) is 1. The number of fused-ring (bicyclic) bond motifs is 3. The second kappa shape index (κ2) is 4.73. The first kappa shape index (κ1) is 14.4. The molecule has 0 atom stereocenters. The van der Waals surface area contributed by atoms with Crippen LogP contribution in [0.1, 0.15) is 31.9 Å². The van der Waals surface area contributed by atoms with E-state index in [1.165, 1.54) is 13.0 Å². The molecule has 0 saturated heterocycles. The van der Waals surface area contributed by atoms with Crippen LogP contribution in [-0.4, -0.2) is 11.5 Å². The van der Waals surface area contributed by atoms with Crippen LogP contribution in [0.25, 0.3) is 17.0 Å². The van der Waals surface area contributed by atoms with E-state index in [0.717, 1.165) is 16.5 Å². The maximum absolute atomic E-state index is 11.6. The molecule has 114 valence electrons. The second-order valence-electron chi connectivity index (χ2n) is 6.01. The average molecular weight is 299 g/mol. The Morgan fingerprint density at radius 2 is 2.00 bits per heavy atom. The van der Waals surface area contributed by atoms with Crippen molar-refractivity contribution in [3.63, 3.8) is 0 Å². The normalized spacial score (nSPS) is 15.3. The van der Waals surface area contributed by atoms with Crippen molar-refractivity contribution in [2.24, 2.45) is 0 Å². The van der Waals surface area contributed by atoms with Gasteiger partial charge in [0.05, 0.1) is 11.1 Å². The molecule has 0 aliphatic carbocycles. The molecule has 1 aromatic heterocycles. The molecule has 1 N–H and O–H groups in total. The quantitative estimate of drug-likeness (QED) is 0.821. The number of rotatable bonds is 1. The molecule has 0 bridgehead atoms. The number of carbonyl (C=O) groups excluding carboxylic acids is 1. The SMILES string of the molecule is CC(=O)Nc1cc2oc(=O)cc(C)c2c2c1C=CC(C)(C)O2. The lowest BCUT2D eigenvalue weighted by molar-refractivity contribution is -0.114. The summed E-state index contributed by atoms with van der Waals surface area (Å²) in [4.78, 5) is 23.1. The van der Waals surface area contributed by atoms with E-state index in [1.54, 1.807) is 6.07 Å². The molecule has 5 heteroatoms. The Labute approximate surface area is 127 Å². The van der Waals surface area contributed by atoms with Crippen molar-refractivity contribution in [2.75, 3.05) is 5.32 Å². The number of benzene rings is 1. The zero-order chi connectivity index (χ0) is 16.1. The maximum atomic E-state index is 11.6. The Balaban J connectivity index is 2.40. The van der Waals surface area contributed by atoms with Crippen LogP contribution >= 0.6 is 0 Å². The summed E-state index contributed by atoms with van der Waals surface area (Å²) in [6.45, 7) is 7.15. The van der Waals surface area contributed by atoms with E-state index in [4.69, 9.17) is 9.15 Å². The van der Waals surface area contributed by atoms with Gasteiger partial charge in [0.2, 0.25) is 5.91 Å². The highest BCUT2D eigenvalue weighted by Gasteiger charge is 2.27. The minimum atomic E-state index is -0.475.